The zero-order valence-electron chi connectivity index (χ0n) is 18.9. The monoisotopic (exact) mass is 460 g/mol. The number of rotatable bonds is 4. The average Bonchev–Trinajstić information content (AvgIpc) is 3.35. The van der Waals surface area contributed by atoms with Crippen LogP contribution in [0.2, 0.25) is 0 Å². The van der Waals surface area contributed by atoms with Crippen molar-refractivity contribution in [2.75, 3.05) is 0 Å². The van der Waals surface area contributed by atoms with E-state index in [9.17, 15) is 4.79 Å². The summed E-state index contributed by atoms with van der Waals surface area (Å²) in [6.07, 6.45) is 6.48. The molecule has 0 amide bonds. The van der Waals surface area contributed by atoms with Gasteiger partial charge < -0.3 is 20.2 Å². The van der Waals surface area contributed by atoms with E-state index in [1.807, 2.05) is 26.8 Å². The largest absolute Gasteiger partial charge is 0.456 e. The van der Waals surface area contributed by atoms with E-state index in [2.05, 4.69) is 25.3 Å². The molecule has 0 fully saturated rings. The number of esters is 1. The second-order valence-corrected chi connectivity index (χ2v) is 7.97. The van der Waals surface area contributed by atoms with Crippen LogP contribution in [0.3, 0.4) is 0 Å². The lowest BCUT2D eigenvalue weighted by Crippen LogP contribution is -2.23. The van der Waals surface area contributed by atoms with Gasteiger partial charge in [-0.1, -0.05) is 16.4 Å². The lowest BCUT2D eigenvalue weighted by molar-refractivity contribution is 0.00695. The van der Waals surface area contributed by atoms with Crippen molar-refractivity contribution in [3.63, 3.8) is 0 Å². The van der Waals surface area contributed by atoms with Crippen molar-refractivity contribution in [3.8, 4) is 22.8 Å². The molecule has 4 aromatic rings. The summed E-state index contributed by atoms with van der Waals surface area (Å²) in [5.41, 5.74) is 7.17. The Labute approximate surface area is 196 Å². The molecule has 10 heteroatoms. The maximum atomic E-state index is 12.2. The lowest BCUT2D eigenvalue weighted by Gasteiger charge is -2.19. The first-order chi connectivity index (χ1) is 16.3. The molecule has 0 radical (unpaired) electrons. The quantitative estimate of drug-likeness (QED) is 0.152. The molecule has 0 aliphatic heterocycles. The third-order valence-electron chi connectivity index (χ3n) is 4.15. The van der Waals surface area contributed by atoms with Gasteiger partial charge in [0.25, 0.3) is 5.89 Å². The fourth-order valence-electron chi connectivity index (χ4n) is 2.64. The van der Waals surface area contributed by atoms with Crippen LogP contribution in [0, 0.1) is 0 Å². The molecule has 3 aromatic heterocycles. The molecule has 174 valence electrons. The summed E-state index contributed by atoms with van der Waals surface area (Å²) in [6.45, 7) is 5.48. The highest BCUT2D eigenvalue weighted by Crippen LogP contribution is 2.23. The van der Waals surface area contributed by atoms with E-state index in [-0.39, 0.29) is 5.84 Å². The van der Waals surface area contributed by atoms with Crippen molar-refractivity contribution < 1.29 is 19.3 Å². The molecular weight excluding hydrogens is 436 g/mol. The number of nitrogens with zero attached hydrogens (tertiary/aromatic N) is 5. The number of hydrogen-bond acceptors (Lipinski definition) is 9. The van der Waals surface area contributed by atoms with E-state index in [0.29, 0.717) is 28.4 Å². The molecule has 0 atom stereocenters. The van der Waals surface area contributed by atoms with Crippen LogP contribution < -0.4 is 5.73 Å². The lowest BCUT2D eigenvalue weighted by atomic mass is 10.1. The third-order valence-corrected chi connectivity index (χ3v) is 4.15. The minimum absolute atomic E-state index is 0.0769. The van der Waals surface area contributed by atoms with Gasteiger partial charge in [-0.05, 0) is 63.2 Å². The van der Waals surface area contributed by atoms with Gasteiger partial charge in [-0.3, -0.25) is 9.97 Å². The highest BCUT2D eigenvalue weighted by molar-refractivity contribution is 5.96. The summed E-state index contributed by atoms with van der Waals surface area (Å²) in [7, 11) is 0. The highest BCUT2D eigenvalue weighted by Gasteiger charge is 2.19. The van der Waals surface area contributed by atoms with E-state index >= 15 is 0 Å². The Morgan fingerprint density at radius 2 is 1.68 bits per heavy atom. The van der Waals surface area contributed by atoms with Crippen LogP contribution in [0.15, 0.2) is 83.0 Å². The average molecular weight is 460 g/mol. The van der Waals surface area contributed by atoms with E-state index in [4.69, 9.17) is 20.2 Å². The fourth-order valence-corrected chi connectivity index (χ4v) is 2.64. The van der Waals surface area contributed by atoms with Crippen molar-refractivity contribution in [3.05, 3.63) is 84.4 Å². The van der Waals surface area contributed by atoms with Crippen LogP contribution in [0.1, 0.15) is 36.7 Å². The normalized spacial score (nSPS) is 11.3. The zero-order valence-corrected chi connectivity index (χ0v) is 18.9. The molecule has 0 saturated heterocycles. The van der Waals surface area contributed by atoms with Gasteiger partial charge in [0.1, 0.15) is 5.60 Å². The molecule has 0 saturated carbocycles. The van der Waals surface area contributed by atoms with E-state index in [1.54, 1.807) is 61.1 Å². The molecule has 3 N–H and O–H groups in total. The topological polar surface area (TPSA) is 150 Å². The summed E-state index contributed by atoms with van der Waals surface area (Å²) < 4.78 is 10.7. The molecule has 0 aliphatic carbocycles. The van der Waals surface area contributed by atoms with Crippen molar-refractivity contribution >= 4 is 11.8 Å². The van der Waals surface area contributed by atoms with Gasteiger partial charge in [0.15, 0.2) is 5.84 Å². The van der Waals surface area contributed by atoms with Gasteiger partial charge in [0, 0.05) is 41.5 Å². The number of nitrogens with two attached hydrogens (primary N) is 1. The van der Waals surface area contributed by atoms with Gasteiger partial charge in [-0.25, -0.2) is 4.79 Å². The number of carbonyl (C=O) groups excluding carboxylic acids is 1. The number of carbonyl (C=O) groups is 1. The Kier molecular flexibility index (Phi) is 7.65. The number of ether oxygens (including phenoxy) is 1. The van der Waals surface area contributed by atoms with Crippen LogP contribution in [0.25, 0.3) is 22.8 Å². The van der Waals surface area contributed by atoms with Crippen LogP contribution in [0.5, 0.6) is 0 Å². The second-order valence-electron chi connectivity index (χ2n) is 7.97. The van der Waals surface area contributed by atoms with Crippen LogP contribution in [-0.4, -0.2) is 42.7 Å². The summed E-state index contributed by atoms with van der Waals surface area (Å²) in [5, 5.41) is 15.0. The molecular formula is C24H24N6O4. The van der Waals surface area contributed by atoms with Crippen LogP contribution >= 0.6 is 0 Å². The number of hydrogen-bond donors (Lipinski definition) is 2. The molecule has 0 unspecified atom stereocenters. The summed E-state index contributed by atoms with van der Waals surface area (Å²) in [5.74, 6) is 0.462. The number of benzene rings is 1. The fraction of sp³-hybridized carbons (Fsp3) is 0.167. The van der Waals surface area contributed by atoms with Crippen molar-refractivity contribution in [2.45, 2.75) is 26.4 Å². The van der Waals surface area contributed by atoms with Gasteiger partial charge in [0.2, 0.25) is 5.82 Å². The maximum Gasteiger partial charge on any atom is 0.338 e. The maximum absolute atomic E-state index is 12.2. The van der Waals surface area contributed by atoms with Crippen molar-refractivity contribution in [1.82, 2.24) is 20.1 Å². The SMILES string of the molecule is CC(C)(C)OC(=O)c1cccc(-c2nc(-c3cccnc3)no2)c1.NC(=NO)c1cccnc1. The standard InChI is InChI=1S/C18H17N3O3.C6H7N3O/c1-18(2,3)23-17(22)13-7-4-6-12(10-13)16-20-15(21-24-16)14-8-5-9-19-11-14;7-6(9-10)5-2-1-3-8-4-5/h4-11H,1-3H3;1-4,10H,(H2,7,9). The summed E-state index contributed by atoms with van der Waals surface area (Å²) in [6, 6.07) is 14.0. The minimum atomic E-state index is -0.551. The van der Waals surface area contributed by atoms with E-state index in [0.717, 1.165) is 5.56 Å². The van der Waals surface area contributed by atoms with Crippen LogP contribution in [0.4, 0.5) is 0 Å². The van der Waals surface area contributed by atoms with E-state index < -0.39 is 11.6 Å². The summed E-state index contributed by atoms with van der Waals surface area (Å²) in [4.78, 5) is 24.3. The molecule has 34 heavy (non-hydrogen) atoms. The van der Waals surface area contributed by atoms with E-state index in [1.165, 1.54) is 6.20 Å². The molecule has 0 spiro atoms. The minimum Gasteiger partial charge on any atom is -0.456 e. The number of pyridine rings is 2. The molecule has 10 nitrogen and oxygen atoms in total. The first kappa shape index (κ1) is 24.1. The Balaban J connectivity index is 0.000000271. The Morgan fingerprint density at radius 3 is 2.29 bits per heavy atom. The molecule has 0 bridgehead atoms. The Hall–Kier alpha value is -4.60. The number of amidine groups is 1. The molecule has 0 aliphatic rings. The smallest absolute Gasteiger partial charge is 0.338 e. The molecule has 3 heterocycles. The van der Waals surface area contributed by atoms with Crippen LogP contribution in [-0.2, 0) is 4.74 Å². The first-order valence-electron chi connectivity index (χ1n) is 10.2. The molecule has 1 aromatic carbocycles. The predicted octanol–water partition coefficient (Wildman–Crippen LogP) is 3.93. The Morgan fingerprint density at radius 1 is 1.00 bits per heavy atom. The Bertz CT molecular complexity index is 1250. The predicted molar refractivity (Wildman–Crippen MR) is 125 cm³/mol. The van der Waals surface area contributed by atoms with Gasteiger partial charge >= 0.3 is 5.97 Å². The van der Waals surface area contributed by atoms with Crippen molar-refractivity contribution in [2.24, 2.45) is 10.9 Å². The third kappa shape index (κ3) is 6.70. The highest BCUT2D eigenvalue weighted by atomic mass is 16.6. The van der Waals surface area contributed by atoms with Crippen molar-refractivity contribution in [1.29, 1.82) is 0 Å². The van der Waals surface area contributed by atoms with Gasteiger partial charge in [-0.15, -0.1) is 0 Å². The zero-order chi connectivity index (χ0) is 24.6. The molecule has 4 rings (SSSR count). The first-order valence-corrected chi connectivity index (χ1v) is 10.2. The van der Waals surface area contributed by atoms with Gasteiger partial charge in [-0.2, -0.15) is 4.98 Å². The van der Waals surface area contributed by atoms with Gasteiger partial charge in [0.05, 0.1) is 5.56 Å². The number of oxime groups is 1. The summed E-state index contributed by atoms with van der Waals surface area (Å²) >= 11 is 0. The number of aromatic nitrogens is 4. The second kappa shape index (κ2) is 10.8.